The molecule has 0 spiro atoms. The molecule has 0 heterocycles. The van der Waals surface area contributed by atoms with Crippen LogP contribution < -0.4 is 5.73 Å². The summed E-state index contributed by atoms with van der Waals surface area (Å²) in [5.41, 5.74) is 14.1. The highest BCUT2D eigenvalue weighted by molar-refractivity contribution is 5.85. The highest BCUT2D eigenvalue weighted by Crippen LogP contribution is 2.37. The van der Waals surface area contributed by atoms with Gasteiger partial charge in [0, 0.05) is 6.04 Å². The van der Waals surface area contributed by atoms with Gasteiger partial charge in [0.25, 0.3) is 0 Å². The molecule has 2 aromatic rings. The van der Waals surface area contributed by atoms with Gasteiger partial charge in [0.05, 0.1) is 0 Å². The van der Waals surface area contributed by atoms with Crippen LogP contribution in [0.4, 0.5) is 0 Å². The fourth-order valence-electron chi connectivity index (χ4n) is 2.89. The molecule has 1 aliphatic rings. The number of halogens is 1. The molecule has 3 rings (SSSR count). The van der Waals surface area contributed by atoms with Gasteiger partial charge in [-0.25, -0.2) is 0 Å². The van der Waals surface area contributed by atoms with Gasteiger partial charge in [-0.15, -0.1) is 19.0 Å². The number of rotatable bonds is 3. The van der Waals surface area contributed by atoms with Gasteiger partial charge >= 0.3 is 0 Å². The summed E-state index contributed by atoms with van der Waals surface area (Å²) in [5, 5.41) is 0. The molecule has 0 saturated heterocycles. The SMILES string of the molecule is C=C(C)C[C@H](N)c1ccc2c(c1)Cc1ccccc1-2.Cl. The van der Waals surface area contributed by atoms with Crippen LogP contribution in [0, 0.1) is 0 Å². The van der Waals surface area contributed by atoms with Crippen molar-refractivity contribution >= 4 is 12.4 Å². The molecular weight excluding hydrogens is 266 g/mol. The normalized spacial score (nSPS) is 13.1. The van der Waals surface area contributed by atoms with Crippen LogP contribution in [0.2, 0.25) is 0 Å². The van der Waals surface area contributed by atoms with E-state index in [1.165, 1.54) is 27.8 Å². The summed E-state index contributed by atoms with van der Waals surface area (Å²) in [6.07, 6.45) is 1.88. The van der Waals surface area contributed by atoms with Crippen molar-refractivity contribution in [3.05, 3.63) is 71.3 Å². The van der Waals surface area contributed by atoms with Gasteiger partial charge in [-0.1, -0.05) is 48.0 Å². The molecule has 1 nitrogen and oxygen atoms in total. The van der Waals surface area contributed by atoms with Crippen molar-refractivity contribution in [2.24, 2.45) is 5.73 Å². The lowest BCUT2D eigenvalue weighted by molar-refractivity contribution is 0.716. The second-order valence-electron chi connectivity index (χ2n) is 5.52. The van der Waals surface area contributed by atoms with E-state index in [4.69, 9.17) is 5.73 Å². The minimum Gasteiger partial charge on any atom is -0.324 e. The first-order chi connectivity index (χ1) is 9.15. The van der Waals surface area contributed by atoms with Crippen LogP contribution in [0.3, 0.4) is 0 Å². The summed E-state index contributed by atoms with van der Waals surface area (Å²) in [7, 11) is 0. The van der Waals surface area contributed by atoms with Crippen LogP contribution in [0.1, 0.15) is 36.1 Å². The lowest BCUT2D eigenvalue weighted by Gasteiger charge is -2.13. The Morgan fingerprint density at radius 3 is 2.60 bits per heavy atom. The summed E-state index contributed by atoms with van der Waals surface area (Å²) in [5.74, 6) is 0. The van der Waals surface area contributed by atoms with E-state index in [0.29, 0.717) is 0 Å². The number of nitrogens with two attached hydrogens (primary N) is 1. The zero-order valence-electron chi connectivity index (χ0n) is 11.7. The Bertz CT molecular complexity index is 646. The van der Waals surface area contributed by atoms with Crippen molar-refractivity contribution in [3.63, 3.8) is 0 Å². The lowest BCUT2D eigenvalue weighted by Crippen LogP contribution is -2.10. The smallest absolute Gasteiger partial charge is 0.0332 e. The molecule has 20 heavy (non-hydrogen) atoms. The maximum Gasteiger partial charge on any atom is 0.0332 e. The number of fused-ring (bicyclic) bond motifs is 3. The minimum absolute atomic E-state index is 0. The largest absolute Gasteiger partial charge is 0.324 e. The fourth-order valence-corrected chi connectivity index (χ4v) is 2.89. The molecule has 0 fully saturated rings. The van der Waals surface area contributed by atoms with Crippen molar-refractivity contribution in [3.8, 4) is 11.1 Å². The first kappa shape index (κ1) is 14.8. The van der Waals surface area contributed by atoms with Crippen LogP contribution in [0.15, 0.2) is 54.6 Å². The van der Waals surface area contributed by atoms with Crippen LogP contribution in [-0.4, -0.2) is 0 Å². The molecule has 1 aliphatic carbocycles. The average Bonchev–Trinajstić information content (AvgIpc) is 2.75. The van der Waals surface area contributed by atoms with Gasteiger partial charge in [-0.05, 0) is 47.6 Å². The van der Waals surface area contributed by atoms with Gasteiger partial charge in [-0.3, -0.25) is 0 Å². The molecule has 104 valence electrons. The Kier molecular flexibility index (Phi) is 4.32. The Hall–Kier alpha value is -1.57. The summed E-state index contributed by atoms with van der Waals surface area (Å²) >= 11 is 0. The van der Waals surface area contributed by atoms with E-state index in [0.717, 1.165) is 18.4 Å². The van der Waals surface area contributed by atoms with Crippen LogP contribution in [0.5, 0.6) is 0 Å². The van der Waals surface area contributed by atoms with E-state index in [-0.39, 0.29) is 18.4 Å². The molecule has 0 saturated carbocycles. The van der Waals surface area contributed by atoms with Crippen LogP contribution >= 0.6 is 12.4 Å². The highest BCUT2D eigenvalue weighted by Gasteiger charge is 2.18. The van der Waals surface area contributed by atoms with E-state index in [2.05, 4.69) is 49.0 Å². The van der Waals surface area contributed by atoms with E-state index in [9.17, 15) is 0 Å². The van der Waals surface area contributed by atoms with Gasteiger partial charge in [0.2, 0.25) is 0 Å². The summed E-state index contributed by atoms with van der Waals surface area (Å²) in [6.45, 7) is 5.98. The highest BCUT2D eigenvalue weighted by atomic mass is 35.5. The molecule has 1 atom stereocenters. The topological polar surface area (TPSA) is 26.0 Å². The molecular formula is C18H20ClN. The van der Waals surface area contributed by atoms with E-state index >= 15 is 0 Å². The lowest BCUT2D eigenvalue weighted by atomic mass is 9.97. The average molecular weight is 286 g/mol. The number of hydrogen-bond donors (Lipinski definition) is 1. The Morgan fingerprint density at radius 2 is 1.85 bits per heavy atom. The zero-order valence-corrected chi connectivity index (χ0v) is 12.5. The van der Waals surface area contributed by atoms with Gasteiger partial charge in [-0.2, -0.15) is 0 Å². The summed E-state index contributed by atoms with van der Waals surface area (Å²) < 4.78 is 0. The molecule has 0 bridgehead atoms. The zero-order chi connectivity index (χ0) is 13.4. The maximum atomic E-state index is 6.23. The minimum atomic E-state index is 0. The van der Waals surface area contributed by atoms with E-state index in [1.54, 1.807) is 0 Å². The van der Waals surface area contributed by atoms with Crippen molar-refractivity contribution in [2.75, 3.05) is 0 Å². The van der Waals surface area contributed by atoms with Crippen molar-refractivity contribution < 1.29 is 0 Å². The second kappa shape index (κ2) is 5.82. The van der Waals surface area contributed by atoms with E-state index < -0.39 is 0 Å². The maximum absolute atomic E-state index is 6.23. The molecule has 0 aliphatic heterocycles. The molecule has 0 radical (unpaired) electrons. The molecule has 2 heteroatoms. The first-order valence-corrected chi connectivity index (χ1v) is 6.76. The van der Waals surface area contributed by atoms with Crippen LogP contribution in [-0.2, 0) is 6.42 Å². The second-order valence-corrected chi connectivity index (χ2v) is 5.52. The van der Waals surface area contributed by atoms with Crippen molar-refractivity contribution in [1.82, 2.24) is 0 Å². The van der Waals surface area contributed by atoms with Crippen molar-refractivity contribution in [1.29, 1.82) is 0 Å². The van der Waals surface area contributed by atoms with Gasteiger partial charge < -0.3 is 5.73 Å². The molecule has 2 aromatic carbocycles. The molecule has 2 N–H and O–H groups in total. The quantitative estimate of drug-likeness (QED) is 0.697. The molecule has 0 amide bonds. The molecule has 0 unspecified atom stereocenters. The predicted octanol–water partition coefficient (Wildman–Crippen LogP) is 4.65. The van der Waals surface area contributed by atoms with Gasteiger partial charge in [0.1, 0.15) is 0 Å². The first-order valence-electron chi connectivity index (χ1n) is 6.76. The number of hydrogen-bond acceptors (Lipinski definition) is 1. The van der Waals surface area contributed by atoms with Gasteiger partial charge in [0.15, 0.2) is 0 Å². The third kappa shape index (κ3) is 2.65. The fraction of sp³-hybridized carbons (Fsp3) is 0.222. The van der Waals surface area contributed by atoms with E-state index in [1.807, 2.05) is 6.92 Å². The standard InChI is InChI=1S/C18H19N.ClH/c1-12(2)9-18(19)14-7-8-17-15(11-14)10-13-5-3-4-6-16(13)17;/h3-8,11,18H,1,9-10,19H2,2H3;1H/t18-;/m0./s1. The molecule has 0 aromatic heterocycles. The Morgan fingerprint density at radius 1 is 1.15 bits per heavy atom. The Balaban J connectivity index is 0.00000147. The van der Waals surface area contributed by atoms with Crippen molar-refractivity contribution in [2.45, 2.75) is 25.8 Å². The van der Waals surface area contributed by atoms with Crippen LogP contribution in [0.25, 0.3) is 11.1 Å². The summed E-state index contributed by atoms with van der Waals surface area (Å²) in [6, 6.07) is 15.3. The Labute approximate surface area is 126 Å². The summed E-state index contributed by atoms with van der Waals surface area (Å²) in [4.78, 5) is 0. The monoisotopic (exact) mass is 285 g/mol. The third-order valence-electron chi connectivity index (χ3n) is 3.81. The third-order valence-corrected chi connectivity index (χ3v) is 3.81. The predicted molar refractivity (Wildman–Crippen MR) is 88.3 cm³/mol. The number of benzene rings is 2.